The second-order valence-corrected chi connectivity index (χ2v) is 9.97. The van der Waals surface area contributed by atoms with Gasteiger partial charge in [0.25, 0.3) is 0 Å². The molecule has 0 amide bonds. The van der Waals surface area contributed by atoms with E-state index < -0.39 is 5.60 Å². The molecule has 0 heterocycles. The van der Waals surface area contributed by atoms with Gasteiger partial charge in [0.1, 0.15) is 6.29 Å². The van der Waals surface area contributed by atoms with Crippen LogP contribution in [0.4, 0.5) is 0 Å². The predicted octanol–water partition coefficient (Wildman–Crippen LogP) is 3.88. The summed E-state index contributed by atoms with van der Waals surface area (Å²) in [6.45, 7) is 4.72. The number of allylic oxidation sites excluding steroid dienone is 2. The van der Waals surface area contributed by atoms with E-state index in [0.717, 1.165) is 57.7 Å². The van der Waals surface area contributed by atoms with Gasteiger partial charge in [0.2, 0.25) is 0 Å². The number of carbonyl (C=O) groups is 1. The Labute approximate surface area is 151 Å². The van der Waals surface area contributed by atoms with E-state index in [4.69, 9.17) is 0 Å². The Bertz CT molecular complexity index is 572. The number of rotatable bonds is 2. The van der Waals surface area contributed by atoms with Gasteiger partial charge >= 0.3 is 0 Å². The molecule has 0 aliphatic heterocycles. The van der Waals surface area contributed by atoms with E-state index >= 15 is 0 Å². The lowest BCUT2D eigenvalue weighted by atomic mass is 9.43. The van der Waals surface area contributed by atoms with Crippen LogP contribution in [0, 0.1) is 34.5 Å². The summed E-state index contributed by atoms with van der Waals surface area (Å²) in [7, 11) is 0. The molecule has 140 valence electrons. The molecule has 4 saturated carbocycles. The maximum atomic E-state index is 11.9. The zero-order valence-corrected chi connectivity index (χ0v) is 15.8. The molecule has 0 spiro atoms. The lowest BCUT2D eigenvalue weighted by Crippen LogP contribution is -2.62. The third kappa shape index (κ3) is 2.34. The van der Waals surface area contributed by atoms with E-state index in [1.165, 1.54) is 6.42 Å². The molecule has 4 rings (SSSR count). The zero-order chi connectivity index (χ0) is 17.9. The van der Waals surface area contributed by atoms with Crippen LogP contribution in [0.1, 0.15) is 71.6 Å². The summed E-state index contributed by atoms with van der Waals surface area (Å²) in [5, 5.41) is 22.1. The van der Waals surface area contributed by atoms with Crippen LogP contribution in [0.25, 0.3) is 0 Å². The van der Waals surface area contributed by atoms with Crippen LogP contribution in [0.2, 0.25) is 0 Å². The first-order chi connectivity index (χ1) is 11.8. The molecule has 25 heavy (non-hydrogen) atoms. The Hall–Kier alpha value is -0.670. The number of carbonyl (C=O) groups excluding carboxylic acids is 1. The Morgan fingerprint density at radius 3 is 2.52 bits per heavy atom. The summed E-state index contributed by atoms with van der Waals surface area (Å²) in [6, 6.07) is 0. The maximum absolute atomic E-state index is 11.9. The average molecular weight is 347 g/mol. The zero-order valence-electron chi connectivity index (χ0n) is 15.8. The van der Waals surface area contributed by atoms with Crippen LogP contribution in [0.5, 0.6) is 0 Å². The summed E-state index contributed by atoms with van der Waals surface area (Å²) in [4.78, 5) is 10.8. The van der Waals surface area contributed by atoms with Crippen molar-refractivity contribution < 1.29 is 15.0 Å². The van der Waals surface area contributed by atoms with Gasteiger partial charge in [-0.2, -0.15) is 0 Å². The van der Waals surface area contributed by atoms with Gasteiger partial charge in [-0.15, -0.1) is 0 Å². The van der Waals surface area contributed by atoms with Gasteiger partial charge in [0.15, 0.2) is 0 Å². The number of aliphatic hydroxyl groups excluding tert-OH is 1. The molecule has 4 aliphatic rings. The molecule has 8 unspecified atom stereocenters. The lowest BCUT2D eigenvalue weighted by molar-refractivity contribution is -0.207. The molecule has 0 aromatic carbocycles. The summed E-state index contributed by atoms with van der Waals surface area (Å²) in [5.41, 5.74) is -0.390. The first-order valence-electron chi connectivity index (χ1n) is 10.4. The average Bonchev–Trinajstić information content (AvgIpc) is 2.85. The van der Waals surface area contributed by atoms with E-state index in [-0.39, 0.29) is 16.9 Å². The molecule has 2 N–H and O–H groups in total. The smallest absolute Gasteiger partial charge is 0.142 e. The van der Waals surface area contributed by atoms with E-state index in [9.17, 15) is 15.0 Å². The Morgan fingerprint density at radius 1 is 0.960 bits per heavy atom. The second kappa shape index (κ2) is 5.92. The van der Waals surface area contributed by atoms with Crippen molar-refractivity contribution in [3.8, 4) is 0 Å². The molecular formula is C22H34O3. The SMILES string of the molecule is CC12CCC(O)CC1CCC1C2CCC2(C)C(/C=C/C=O)CCC12O. The molecule has 4 aliphatic carbocycles. The largest absolute Gasteiger partial charge is 0.393 e. The standard InChI is InChI=1S/C22H34O3/c1-20-10-8-17(24)14-16(20)5-6-19-18(20)9-11-21(2)15(4-3-13-23)7-12-22(19,21)25/h3-4,13,15-19,24-25H,5-12,14H2,1-2H3/b4-3+. The van der Waals surface area contributed by atoms with Gasteiger partial charge in [-0.05, 0) is 93.0 Å². The molecular weight excluding hydrogens is 312 g/mol. The molecule has 0 aromatic rings. The Balaban J connectivity index is 1.65. The molecule has 0 saturated heterocycles. The van der Waals surface area contributed by atoms with Crippen molar-refractivity contribution >= 4 is 6.29 Å². The number of aliphatic hydroxyl groups is 2. The van der Waals surface area contributed by atoms with Gasteiger partial charge < -0.3 is 10.2 Å². The maximum Gasteiger partial charge on any atom is 0.142 e. The highest BCUT2D eigenvalue weighted by Crippen LogP contribution is 2.69. The highest BCUT2D eigenvalue weighted by molar-refractivity contribution is 5.64. The monoisotopic (exact) mass is 346 g/mol. The highest BCUT2D eigenvalue weighted by Gasteiger charge is 2.66. The van der Waals surface area contributed by atoms with Crippen LogP contribution in [0.15, 0.2) is 12.2 Å². The lowest BCUT2D eigenvalue weighted by Gasteiger charge is -2.63. The van der Waals surface area contributed by atoms with Crippen molar-refractivity contribution in [3.63, 3.8) is 0 Å². The van der Waals surface area contributed by atoms with Gasteiger partial charge in [0, 0.05) is 5.41 Å². The van der Waals surface area contributed by atoms with Crippen molar-refractivity contribution in [2.45, 2.75) is 83.3 Å². The quantitative estimate of drug-likeness (QED) is 0.589. The summed E-state index contributed by atoms with van der Waals surface area (Å²) in [5.74, 6) is 1.92. The van der Waals surface area contributed by atoms with Crippen molar-refractivity contribution in [2.24, 2.45) is 34.5 Å². The van der Waals surface area contributed by atoms with Gasteiger partial charge in [-0.1, -0.05) is 19.9 Å². The van der Waals surface area contributed by atoms with Crippen molar-refractivity contribution in [1.29, 1.82) is 0 Å². The molecule has 0 aromatic heterocycles. The molecule has 3 nitrogen and oxygen atoms in total. The van der Waals surface area contributed by atoms with Crippen LogP contribution in [-0.2, 0) is 4.79 Å². The van der Waals surface area contributed by atoms with Crippen molar-refractivity contribution in [3.05, 3.63) is 12.2 Å². The number of hydrogen-bond donors (Lipinski definition) is 2. The summed E-state index contributed by atoms with van der Waals surface area (Å²) in [6.07, 6.45) is 13.8. The molecule has 8 atom stereocenters. The fourth-order valence-corrected chi connectivity index (χ4v) is 7.73. The van der Waals surface area contributed by atoms with E-state index in [1.54, 1.807) is 6.08 Å². The highest BCUT2D eigenvalue weighted by atomic mass is 16.3. The summed E-state index contributed by atoms with van der Waals surface area (Å²) >= 11 is 0. The number of fused-ring (bicyclic) bond motifs is 5. The second-order valence-electron chi connectivity index (χ2n) is 9.97. The number of hydrogen-bond acceptors (Lipinski definition) is 3. The molecule has 0 radical (unpaired) electrons. The molecule has 4 fully saturated rings. The van der Waals surface area contributed by atoms with Gasteiger partial charge in [-0.25, -0.2) is 0 Å². The third-order valence-electron chi connectivity index (χ3n) is 9.32. The van der Waals surface area contributed by atoms with Crippen LogP contribution >= 0.6 is 0 Å². The van der Waals surface area contributed by atoms with Crippen molar-refractivity contribution in [1.82, 2.24) is 0 Å². The third-order valence-corrected chi connectivity index (χ3v) is 9.32. The van der Waals surface area contributed by atoms with Crippen LogP contribution in [0.3, 0.4) is 0 Å². The fraction of sp³-hybridized carbons (Fsp3) is 0.864. The Morgan fingerprint density at radius 2 is 1.76 bits per heavy atom. The van der Waals surface area contributed by atoms with E-state index in [1.807, 2.05) is 0 Å². The fourth-order valence-electron chi connectivity index (χ4n) is 7.73. The minimum Gasteiger partial charge on any atom is -0.393 e. The minimum atomic E-state index is -0.585. The van der Waals surface area contributed by atoms with E-state index in [2.05, 4.69) is 19.9 Å². The summed E-state index contributed by atoms with van der Waals surface area (Å²) < 4.78 is 0. The predicted molar refractivity (Wildman–Crippen MR) is 97.9 cm³/mol. The van der Waals surface area contributed by atoms with Gasteiger partial charge in [0.05, 0.1) is 11.7 Å². The molecule has 3 heteroatoms. The first-order valence-corrected chi connectivity index (χ1v) is 10.4. The number of aldehydes is 1. The van der Waals surface area contributed by atoms with Crippen LogP contribution < -0.4 is 0 Å². The normalized spacial score (nSPS) is 55.4. The minimum absolute atomic E-state index is 0.0922. The topological polar surface area (TPSA) is 57.5 Å². The Kier molecular flexibility index (Phi) is 4.20. The van der Waals surface area contributed by atoms with Crippen molar-refractivity contribution in [2.75, 3.05) is 0 Å². The first kappa shape index (κ1) is 17.7. The van der Waals surface area contributed by atoms with Gasteiger partial charge in [-0.3, -0.25) is 4.79 Å². The van der Waals surface area contributed by atoms with Crippen LogP contribution in [-0.4, -0.2) is 28.2 Å². The molecule has 0 bridgehead atoms. The van der Waals surface area contributed by atoms with E-state index in [0.29, 0.717) is 23.7 Å².